The maximum Gasteiger partial charge on any atom is 0.255 e. The predicted octanol–water partition coefficient (Wildman–Crippen LogP) is 0.630. The molecule has 0 aromatic heterocycles. The van der Waals surface area contributed by atoms with Crippen molar-refractivity contribution in [2.45, 2.75) is 57.9 Å². The minimum atomic E-state index is -0.560. The standard InChI is InChI=1S/C20H26N4O3/c1-12-8-23(9-13(2)21-12)10-14-4-3-5-15-11-24(20(27)18(14)15)16-6-7-17(25)22-19(16)26/h3-5,12-13,16,21H,6-11H2,1-2H3,(H,22,25,26). The third-order valence-electron chi connectivity index (χ3n) is 5.67. The third kappa shape index (κ3) is 3.49. The van der Waals surface area contributed by atoms with Gasteiger partial charge in [0.2, 0.25) is 11.8 Å². The largest absolute Gasteiger partial charge is 0.322 e. The summed E-state index contributed by atoms with van der Waals surface area (Å²) >= 11 is 0. The van der Waals surface area contributed by atoms with Crippen LogP contribution in [-0.4, -0.2) is 58.7 Å². The lowest BCUT2D eigenvalue weighted by atomic mass is 10.0. The van der Waals surface area contributed by atoms with E-state index >= 15 is 0 Å². The van der Waals surface area contributed by atoms with E-state index in [4.69, 9.17) is 0 Å². The second-order valence-electron chi connectivity index (χ2n) is 8.01. The van der Waals surface area contributed by atoms with Crippen molar-refractivity contribution in [1.29, 1.82) is 0 Å². The molecule has 0 aliphatic carbocycles. The first-order valence-corrected chi connectivity index (χ1v) is 9.66. The third-order valence-corrected chi connectivity index (χ3v) is 5.67. The summed E-state index contributed by atoms with van der Waals surface area (Å²) in [6.07, 6.45) is 0.673. The minimum Gasteiger partial charge on any atom is -0.322 e. The molecule has 0 saturated carbocycles. The summed E-state index contributed by atoms with van der Waals surface area (Å²) in [4.78, 5) is 40.8. The Kier molecular flexibility index (Phi) is 4.74. The number of hydrogen-bond acceptors (Lipinski definition) is 5. The molecule has 2 saturated heterocycles. The van der Waals surface area contributed by atoms with E-state index in [-0.39, 0.29) is 24.1 Å². The van der Waals surface area contributed by atoms with Crippen LogP contribution >= 0.6 is 0 Å². The number of imide groups is 1. The van der Waals surface area contributed by atoms with Crippen LogP contribution in [0.15, 0.2) is 18.2 Å². The zero-order chi connectivity index (χ0) is 19.1. The average molecular weight is 370 g/mol. The lowest BCUT2D eigenvalue weighted by Gasteiger charge is -2.36. The normalized spacial score (nSPS) is 29.0. The molecule has 3 unspecified atom stereocenters. The Bertz CT molecular complexity index is 783. The van der Waals surface area contributed by atoms with Gasteiger partial charge in [-0.3, -0.25) is 24.6 Å². The van der Waals surface area contributed by atoms with E-state index < -0.39 is 6.04 Å². The Morgan fingerprint density at radius 2 is 1.85 bits per heavy atom. The molecule has 0 bridgehead atoms. The van der Waals surface area contributed by atoms with E-state index in [1.165, 1.54) is 0 Å². The number of amides is 3. The molecule has 144 valence electrons. The molecule has 3 aliphatic heterocycles. The summed E-state index contributed by atoms with van der Waals surface area (Å²) in [5.41, 5.74) is 2.73. The predicted molar refractivity (Wildman–Crippen MR) is 99.8 cm³/mol. The van der Waals surface area contributed by atoms with Crippen molar-refractivity contribution in [3.05, 3.63) is 34.9 Å². The molecular weight excluding hydrogens is 344 g/mol. The molecule has 3 heterocycles. The number of piperazine rings is 1. The molecular formula is C20H26N4O3. The fourth-order valence-electron chi connectivity index (χ4n) is 4.63. The van der Waals surface area contributed by atoms with Gasteiger partial charge >= 0.3 is 0 Å². The monoisotopic (exact) mass is 370 g/mol. The van der Waals surface area contributed by atoms with Crippen LogP contribution < -0.4 is 10.6 Å². The van der Waals surface area contributed by atoms with Crippen molar-refractivity contribution >= 4 is 17.7 Å². The molecule has 3 atom stereocenters. The van der Waals surface area contributed by atoms with E-state index in [0.717, 1.165) is 36.3 Å². The number of hydrogen-bond donors (Lipinski definition) is 2. The molecule has 27 heavy (non-hydrogen) atoms. The quantitative estimate of drug-likeness (QED) is 0.763. The van der Waals surface area contributed by atoms with E-state index in [0.29, 0.717) is 25.0 Å². The number of carbonyl (C=O) groups excluding carboxylic acids is 3. The van der Waals surface area contributed by atoms with Gasteiger partial charge in [0.1, 0.15) is 6.04 Å². The van der Waals surface area contributed by atoms with Crippen LogP contribution in [0.1, 0.15) is 48.2 Å². The van der Waals surface area contributed by atoms with Crippen LogP contribution in [0.2, 0.25) is 0 Å². The highest BCUT2D eigenvalue weighted by atomic mass is 16.2. The maximum absolute atomic E-state index is 13.1. The molecule has 0 spiro atoms. The first-order chi connectivity index (χ1) is 12.9. The van der Waals surface area contributed by atoms with E-state index in [9.17, 15) is 14.4 Å². The molecule has 7 heteroatoms. The van der Waals surface area contributed by atoms with E-state index in [2.05, 4.69) is 29.4 Å². The second kappa shape index (κ2) is 7.05. The van der Waals surface area contributed by atoms with Crippen LogP contribution in [0.5, 0.6) is 0 Å². The molecule has 4 rings (SSSR count). The van der Waals surface area contributed by atoms with E-state index in [1.54, 1.807) is 4.90 Å². The van der Waals surface area contributed by atoms with Crippen molar-refractivity contribution in [1.82, 2.24) is 20.4 Å². The molecule has 3 aliphatic rings. The van der Waals surface area contributed by atoms with Gasteiger partial charge < -0.3 is 10.2 Å². The number of nitrogens with zero attached hydrogens (tertiary/aromatic N) is 2. The minimum absolute atomic E-state index is 0.0914. The van der Waals surface area contributed by atoms with E-state index in [1.807, 2.05) is 18.2 Å². The second-order valence-corrected chi connectivity index (χ2v) is 8.01. The number of rotatable bonds is 3. The molecule has 1 aromatic rings. The van der Waals surface area contributed by atoms with Crippen molar-refractivity contribution in [2.75, 3.05) is 13.1 Å². The lowest BCUT2D eigenvalue weighted by molar-refractivity contribution is -0.136. The first kappa shape index (κ1) is 18.1. The number of fused-ring (bicyclic) bond motifs is 1. The average Bonchev–Trinajstić information content (AvgIpc) is 2.92. The Hall–Kier alpha value is -2.25. The van der Waals surface area contributed by atoms with Crippen molar-refractivity contribution in [3.63, 3.8) is 0 Å². The fourth-order valence-corrected chi connectivity index (χ4v) is 4.63. The van der Waals surface area contributed by atoms with Gasteiger partial charge in [0.05, 0.1) is 0 Å². The van der Waals surface area contributed by atoms with Gasteiger partial charge in [-0.05, 0) is 31.4 Å². The van der Waals surface area contributed by atoms with Gasteiger partial charge in [0.25, 0.3) is 5.91 Å². The number of piperidine rings is 1. The van der Waals surface area contributed by atoms with Crippen LogP contribution in [-0.2, 0) is 22.7 Å². The summed E-state index contributed by atoms with van der Waals surface area (Å²) in [6, 6.07) is 6.25. The Balaban J connectivity index is 1.55. The van der Waals surface area contributed by atoms with Crippen LogP contribution in [0, 0.1) is 0 Å². The summed E-state index contributed by atoms with van der Waals surface area (Å²) in [7, 11) is 0. The SMILES string of the molecule is CC1CN(Cc2cccc3c2C(=O)N(C2CCC(=O)NC2=O)C3)CC(C)N1. The van der Waals surface area contributed by atoms with Gasteiger partial charge in [-0.25, -0.2) is 0 Å². The Labute approximate surface area is 159 Å². The molecule has 7 nitrogen and oxygen atoms in total. The molecule has 3 amide bonds. The molecule has 2 N–H and O–H groups in total. The first-order valence-electron chi connectivity index (χ1n) is 9.66. The van der Waals surface area contributed by atoms with Gasteiger partial charge in [-0.2, -0.15) is 0 Å². The number of nitrogens with one attached hydrogen (secondary N) is 2. The molecule has 0 radical (unpaired) electrons. The number of carbonyl (C=O) groups is 3. The zero-order valence-electron chi connectivity index (χ0n) is 15.8. The van der Waals surface area contributed by atoms with Crippen LogP contribution in [0.3, 0.4) is 0 Å². The summed E-state index contributed by atoms with van der Waals surface area (Å²) in [5.74, 6) is -0.715. The highest BCUT2D eigenvalue weighted by Gasteiger charge is 2.40. The lowest BCUT2D eigenvalue weighted by Crippen LogP contribution is -2.54. The van der Waals surface area contributed by atoms with Crippen molar-refractivity contribution in [3.8, 4) is 0 Å². The Morgan fingerprint density at radius 3 is 2.56 bits per heavy atom. The highest BCUT2D eigenvalue weighted by Crippen LogP contribution is 2.30. The summed E-state index contributed by atoms with van der Waals surface area (Å²) in [5, 5.41) is 5.88. The summed E-state index contributed by atoms with van der Waals surface area (Å²) in [6.45, 7) is 7.40. The summed E-state index contributed by atoms with van der Waals surface area (Å²) < 4.78 is 0. The topological polar surface area (TPSA) is 81.8 Å². The Morgan fingerprint density at radius 1 is 1.11 bits per heavy atom. The maximum atomic E-state index is 13.1. The van der Waals surface area contributed by atoms with Gasteiger partial charge in [0.15, 0.2) is 0 Å². The van der Waals surface area contributed by atoms with Gasteiger partial charge in [-0.1, -0.05) is 18.2 Å². The fraction of sp³-hybridized carbons (Fsp3) is 0.550. The van der Waals surface area contributed by atoms with Crippen molar-refractivity contribution in [2.24, 2.45) is 0 Å². The highest BCUT2D eigenvalue weighted by molar-refractivity contribution is 6.05. The smallest absolute Gasteiger partial charge is 0.255 e. The number of benzene rings is 1. The zero-order valence-corrected chi connectivity index (χ0v) is 15.8. The molecule has 2 fully saturated rings. The van der Waals surface area contributed by atoms with Crippen molar-refractivity contribution < 1.29 is 14.4 Å². The van der Waals surface area contributed by atoms with Crippen LogP contribution in [0.4, 0.5) is 0 Å². The van der Waals surface area contributed by atoms with Crippen LogP contribution in [0.25, 0.3) is 0 Å². The van der Waals surface area contributed by atoms with Gasteiger partial charge in [0, 0.05) is 50.2 Å². The van der Waals surface area contributed by atoms with Gasteiger partial charge in [-0.15, -0.1) is 0 Å². The molecule has 1 aromatic carbocycles.